The Kier molecular flexibility index (Phi) is 7.66. The van der Waals surface area contributed by atoms with Crippen molar-refractivity contribution in [3.8, 4) is 0 Å². The first-order chi connectivity index (χ1) is 12.1. The van der Waals surface area contributed by atoms with Crippen LogP contribution in [0.3, 0.4) is 0 Å². The molecule has 1 aromatic heterocycles. The predicted molar refractivity (Wildman–Crippen MR) is 106 cm³/mol. The van der Waals surface area contributed by atoms with Crippen molar-refractivity contribution in [1.82, 2.24) is 25.0 Å². The average Bonchev–Trinajstić information content (AvgIpc) is 3.07. The standard InChI is InChI=1S/C18H25BrN6/c1-4-10-20-18(21-11-12-25-14-22-23-17(25)5-2)24(3)13-15-6-8-16(19)9-7-15/h4,6-9,14H,1,5,10-13H2,2-3H3,(H,20,21). The van der Waals surface area contributed by atoms with Gasteiger partial charge in [-0.25, -0.2) is 0 Å². The van der Waals surface area contributed by atoms with E-state index in [1.807, 2.05) is 17.7 Å². The minimum absolute atomic E-state index is 0.662. The zero-order valence-corrected chi connectivity index (χ0v) is 16.4. The number of guanidine groups is 1. The van der Waals surface area contributed by atoms with Gasteiger partial charge in [0.1, 0.15) is 12.2 Å². The van der Waals surface area contributed by atoms with Crippen molar-refractivity contribution >= 4 is 21.9 Å². The maximum absolute atomic E-state index is 4.72. The number of nitrogens with zero attached hydrogens (tertiary/aromatic N) is 5. The molecule has 0 bridgehead atoms. The molecule has 0 saturated carbocycles. The third-order valence-corrected chi connectivity index (χ3v) is 4.24. The summed E-state index contributed by atoms with van der Waals surface area (Å²) >= 11 is 3.47. The maximum atomic E-state index is 4.72. The smallest absolute Gasteiger partial charge is 0.194 e. The monoisotopic (exact) mass is 404 g/mol. The highest BCUT2D eigenvalue weighted by Crippen LogP contribution is 2.11. The predicted octanol–water partition coefficient (Wildman–Crippen LogP) is 2.87. The van der Waals surface area contributed by atoms with Crippen LogP contribution in [0.1, 0.15) is 18.3 Å². The summed E-state index contributed by atoms with van der Waals surface area (Å²) in [5, 5.41) is 11.4. The Morgan fingerprint density at radius 1 is 1.40 bits per heavy atom. The van der Waals surface area contributed by atoms with E-state index in [4.69, 9.17) is 4.99 Å². The van der Waals surface area contributed by atoms with Crippen molar-refractivity contribution in [2.24, 2.45) is 4.99 Å². The molecular formula is C18H25BrN6. The summed E-state index contributed by atoms with van der Waals surface area (Å²) in [6, 6.07) is 8.32. The van der Waals surface area contributed by atoms with Crippen LogP contribution in [0.4, 0.5) is 0 Å². The number of halogens is 1. The Balaban J connectivity index is 2.00. The molecule has 0 unspecified atom stereocenters. The van der Waals surface area contributed by atoms with Crippen LogP contribution in [0.25, 0.3) is 0 Å². The molecule has 134 valence electrons. The van der Waals surface area contributed by atoms with Gasteiger partial charge in [0.15, 0.2) is 5.96 Å². The number of aliphatic imine (C=N–C) groups is 1. The second kappa shape index (κ2) is 9.98. The highest BCUT2D eigenvalue weighted by atomic mass is 79.9. The van der Waals surface area contributed by atoms with E-state index in [9.17, 15) is 0 Å². The van der Waals surface area contributed by atoms with Crippen molar-refractivity contribution in [3.05, 3.63) is 59.1 Å². The summed E-state index contributed by atoms with van der Waals surface area (Å²) < 4.78 is 3.13. The molecule has 0 fully saturated rings. The summed E-state index contributed by atoms with van der Waals surface area (Å²) in [4.78, 5) is 6.83. The highest BCUT2D eigenvalue weighted by molar-refractivity contribution is 9.10. The van der Waals surface area contributed by atoms with Crippen molar-refractivity contribution in [3.63, 3.8) is 0 Å². The Morgan fingerprint density at radius 3 is 2.84 bits per heavy atom. The lowest BCUT2D eigenvalue weighted by Gasteiger charge is -2.22. The summed E-state index contributed by atoms with van der Waals surface area (Å²) in [6.07, 6.45) is 4.46. The zero-order valence-electron chi connectivity index (χ0n) is 14.8. The number of hydrogen-bond donors (Lipinski definition) is 1. The SMILES string of the molecule is C=CCNC(=NCCn1cnnc1CC)N(C)Cc1ccc(Br)cc1. The van der Waals surface area contributed by atoms with Crippen LogP contribution in [0, 0.1) is 0 Å². The van der Waals surface area contributed by atoms with Gasteiger partial charge in [0, 0.05) is 37.6 Å². The first-order valence-electron chi connectivity index (χ1n) is 8.35. The number of nitrogens with one attached hydrogen (secondary N) is 1. The van der Waals surface area contributed by atoms with Gasteiger partial charge < -0.3 is 14.8 Å². The van der Waals surface area contributed by atoms with Crippen LogP contribution in [-0.4, -0.2) is 45.8 Å². The van der Waals surface area contributed by atoms with E-state index in [0.29, 0.717) is 13.1 Å². The Morgan fingerprint density at radius 2 is 2.16 bits per heavy atom. The van der Waals surface area contributed by atoms with Crippen LogP contribution in [-0.2, 0) is 19.5 Å². The Bertz CT molecular complexity index is 692. The third kappa shape index (κ3) is 6.01. The number of aryl methyl sites for hydroxylation is 1. The molecule has 0 radical (unpaired) electrons. The first kappa shape index (κ1) is 19.2. The summed E-state index contributed by atoms with van der Waals surface area (Å²) in [6.45, 7) is 8.73. The molecule has 2 rings (SSSR count). The summed E-state index contributed by atoms with van der Waals surface area (Å²) in [5.74, 6) is 1.84. The van der Waals surface area contributed by atoms with Gasteiger partial charge in [-0.3, -0.25) is 4.99 Å². The van der Waals surface area contributed by atoms with Gasteiger partial charge in [0.2, 0.25) is 0 Å². The van der Waals surface area contributed by atoms with Crippen LogP contribution in [0.5, 0.6) is 0 Å². The largest absolute Gasteiger partial charge is 0.353 e. The van der Waals surface area contributed by atoms with Crippen LogP contribution in [0.2, 0.25) is 0 Å². The minimum Gasteiger partial charge on any atom is -0.353 e. The second-order valence-corrected chi connectivity index (χ2v) is 6.57. The highest BCUT2D eigenvalue weighted by Gasteiger charge is 2.07. The fourth-order valence-electron chi connectivity index (χ4n) is 2.42. The zero-order chi connectivity index (χ0) is 18.1. The number of rotatable bonds is 8. The Hall–Kier alpha value is -2.15. The molecule has 1 heterocycles. The molecule has 0 atom stereocenters. The van der Waals surface area contributed by atoms with E-state index in [-0.39, 0.29) is 0 Å². The maximum Gasteiger partial charge on any atom is 0.194 e. The molecule has 0 aliphatic heterocycles. The Labute approximate surface area is 157 Å². The molecule has 2 aromatic rings. The van der Waals surface area contributed by atoms with Gasteiger partial charge in [0.25, 0.3) is 0 Å². The molecule has 1 aromatic carbocycles. The molecular weight excluding hydrogens is 380 g/mol. The normalized spacial score (nSPS) is 11.4. The quantitative estimate of drug-likeness (QED) is 0.417. The molecule has 0 aliphatic carbocycles. The lowest BCUT2D eigenvalue weighted by Crippen LogP contribution is -2.38. The molecule has 25 heavy (non-hydrogen) atoms. The van der Waals surface area contributed by atoms with E-state index in [1.165, 1.54) is 5.56 Å². The molecule has 0 aliphatic rings. The van der Waals surface area contributed by atoms with Gasteiger partial charge in [-0.2, -0.15) is 0 Å². The van der Waals surface area contributed by atoms with Crippen molar-refractivity contribution < 1.29 is 0 Å². The lowest BCUT2D eigenvalue weighted by atomic mass is 10.2. The fourth-order valence-corrected chi connectivity index (χ4v) is 2.68. The van der Waals surface area contributed by atoms with Gasteiger partial charge in [0.05, 0.1) is 6.54 Å². The molecule has 6 nitrogen and oxygen atoms in total. The van der Waals surface area contributed by atoms with Crippen LogP contribution >= 0.6 is 15.9 Å². The van der Waals surface area contributed by atoms with E-state index >= 15 is 0 Å². The van der Waals surface area contributed by atoms with Gasteiger partial charge in [-0.15, -0.1) is 16.8 Å². The van der Waals surface area contributed by atoms with Crippen LogP contribution in [0.15, 0.2) is 52.7 Å². The van der Waals surface area contributed by atoms with Gasteiger partial charge >= 0.3 is 0 Å². The minimum atomic E-state index is 0.662. The van der Waals surface area contributed by atoms with Gasteiger partial charge in [-0.1, -0.05) is 41.1 Å². The molecule has 0 amide bonds. The topological polar surface area (TPSA) is 58.3 Å². The van der Waals surface area contributed by atoms with E-state index in [1.54, 1.807) is 6.33 Å². The van der Waals surface area contributed by atoms with Gasteiger partial charge in [-0.05, 0) is 17.7 Å². The van der Waals surface area contributed by atoms with Crippen molar-refractivity contribution in [2.75, 3.05) is 20.1 Å². The third-order valence-electron chi connectivity index (χ3n) is 3.71. The molecule has 0 spiro atoms. The van der Waals surface area contributed by atoms with E-state index in [2.05, 4.69) is 74.1 Å². The molecule has 0 saturated heterocycles. The second-order valence-electron chi connectivity index (χ2n) is 5.65. The molecule has 1 N–H and O–H groups in total. The lowest BCUT2D eigenvalue weighted by molar-refractivity contribution is 0.477. The van der Waals surface area contributed by atoms with Crippen LogP contribution < -0.4 is 5.32 Å². The average molecular weight is 405 g/mol. The van der Waals surface area contributed by atoms with Crippen molar-refractivity contribution in [1.29, 1.82) is 0 Å². The van der Waals surface area contributed by atoms with E-state index in [0.717, 1.165) is 35.8 Å². The fraction of sp³-hybridized carbons (Fsp3) is 0.389. The van der Waals surface area contributed by atoms with Crippen molar-refractivity contribution in [2.45, 2.75) is 26.4 Å². The summed E-state index contributed by atoms with van der Waals surface area (Å²) in [5.41, 5.74) is 1.23. The number of aromatic nitrogens is 3. The molecule has 7 heteroatoms. The number of hydrogen-bond acceptors (Lipinski definition) is 3. The first-order valence-corrected chi connectivity index (χ1v) is 9.14. The van der Waals surface area contributed by atoms with E-state index < -0.39 is 0 Å². The summed E-state index contributed by atoms with van der Waals surface area (Å²) in [7, 11) is 2.03. The number of benzene rings is 1.